The second-order valence-electron chi connectivity index (χ2n) is 8.69. The summed E-state index contributed by atoms with van der Waals surface area (Å²) in [5.74, 6) is -0.153. The van der Waals surface area contributed by atoms with Crippen molar-refractivity contribution in [1.29, 1.82) is 0 Å². The quantitative estimate of drug-likeness (QED) is 0.387. The van der Waals surface area contributed by atoms with Gasteiger partial charge in [0.15, 0.2) is 0 Å². The first-order chi connectivity index (χ1) is 16.2. The molecular formula is C29H30N2O2. The Hall–Kier alpha value is -3.37. The van der Waals surface area contributed by atoms with Crippen LogP contribution < -0.4 is 0 Å². The van der Waals surface area contributed by atoms with E-state index in [2.05, 4.69) is 89.6 Å². The second-order valence-corrected chi connectivity index (χ2v) is 8.69. The van der Waals surface area contributed by atoms with E-state index in [1.165, 1.54) is 33.3 Å². The van der Waals surface area contributed by atoms with Crippen molar-refractivity contribution in [3.05, 3.63) is 107 Å². The SMILES string of the molecule is CCOC(=O)[C@@H]1Cc2c([nH]c3ccccc23)[C@H](c2ccc(CC)cc2)N1Cc1ccccc1. The third-order valence-corrected chi connectivity index (χ3v) is 6.72. The van der Waals surface area contributed by atoms with Crippen molar-refractivity contribution in [3.63, 3.8) is 0 Å². The van der Waals surface area contributed by atoms with Gasteiger partial charge in [0, 0.05) is 29.6 Å². The third-order valence-electron chi connectivity index (χ3n) is 6.72. The van der Waals surface area contributed by atoms with Crippen LogP contribution in [-0.2, 0) is 28.9 Å². The molecule has 33 heavy (non-hydrogen) atoms. The van der Waals surface area contributed by atoms with Crippen LogP contribution in [0.3, 0.4) is 0 Å². The number of esters is 1. The summed E-state index contributed by atoms with van der Waals surface area (Å²) < 4.78 is 5.58. The highest BCUT2D eigenvalue weighted by Gasteiger charge is 2.41. The molecule has 0 bridgehead atoms. The average molecular weight is 439 g/mol. The number of aromatic amines is 1. The molecule has 0 fully saturated rings. The molecule has 1 aliphatic rings. The fourth-order valence-corrected chi connectivity index (χ4v) is 5.08. The number of fused-ring (bicyclic) bond motifs is 3. The van der Waals surface area contributed by atoms with Gasteiger partial charge in [-0.2, -0.15) is 0 Å². The van der Waals surface area contributed by atoms with Gasteiger partial charge >= 0.3 is 5.97 Å². The zero-order valence-corrected chi connectivity index (χ0v) is 19.3. The van der Waals surface area contributed by atoms with Crippen LogP contribution in [0.2, 0.25) is 0 Å². The molecule has 4 heteroatoms. The Morgan fingerprint density at radius 1 is 0.939 bits per heavy atom. The molecule has 0 spiro atoms. The van der Waals surface area contributed by atoms with Crippen molar-refractivity contribution in [2.75, 3.05) is 6.61 Å². The van der Waals surface area contributed by atoms with E-state index < -0.39 is 0 Å². The Bertz CT molecular complexity index is 1240. The van der Waals surface area contributed by atoms with Gasteiger partial charge in [-0.15, -0.1) is 0 Å². The number of benzene rings is 3. The van der Waals surface area contributed by atoms with Crippen molar-refractivity contribution in [3.8, 4) is 0 Å². The van der Waals surface area contributed by atoms with Crippen LogP contribution in [0.25, 0.3) is 10.9 Å². The Morgan fingerprint density at radius 3 is 2.39 bits per heavy atom. The minimum atomic E-state index is -0.354. The Morgan fingerprint density at radius 2 is 1.67 bits per heavy atom. The number of para-hydroxylation sites is 1. The molecule has 168 valence electrons. The van der Waals surface area contributed by atoms with Crippen molar-refractivity contribution in [1.82, 2.24) is 9.88 Å². The van der Waals surface area contributed by atoms with Gasteiger partial charge in [-0.1, -0.05) is 79.7 Å². The molecule has 2 atom stereocenters. The van der Waals surface area contributed by atoms with Gasteiger partial charge in [0.2, 0.25) is 0 Å². The molecule has 5 rings (SSSR count). The number of carbonyl (C=O) groups is 1. The highest BCUT2D eigenvalue weighted by molar-refractivity contribution is 5.87. The number of carbonyl (C=O) groups excluding carboxylic acids is 1. The molecule has 2 heterocycles. The van der Waals surface area contributed by atoms with Gasteiger partial charge in [0.25, 0.3) is 0 Å². The maximum Gasteiger partial charge on any atom is 0.323 e. The van der Waals surface area contributed by atoms with Crippen LogP contribution in [0.15, 0.2) is 78.9 Å². The highest BCUT2D eigenvalue weighted by Crippen LogP contribution is 2.42. The molecule has 1 aliphatic heterocycles. The van der Waals surface area contributed by atoms with E-state index in [-0.39, 0.29) is 18.1 Å². The predicted molar refractivity (Wildman–Crippen MR) is 132 cm³/mol. The van der Waals surface area contributed by atoms with Gasteiger partial charge in [-0.25, -0.2) is 0 Å². The second kappa shape index (κ2) is 9.24. The molecule has 4 nitrogen and oxygen atoms in total. The lowest BCUT2D eigenvalue weighted by Gasteiger charge is -2.41. The van der Waals surface area contributed by atoms with E-state index >= 15 is 0 Å². The third kappa shape index (κ3) is 4.07. The molecular weight excluding hydrogens is 408 g/mol. The summed E-state index contributed by atoms with van der Waals surface area (Å²) in [5.41, 5.74) is 7.19. The largest absolute Gasteiger partial charge is 0.465 e. The summed E-state index contributed by atoms with van der Waals surface area (Å²) in [6, 6.07) is 27.2. The first-order valence-corrected chi connectivity index (χ1v) is 11.8. The number of aryl methyl sites for hydroxylation is 1. The molecule has 0 aliphatic carbocycles. The van der Waals surface area contributed by atoms with Crippen molar-refractivity contribution in [2.45, 2.75) is 45.3 Å². The van der Waals surface area contributed by atoms with Crippen molar-refractivity contribution < 1.29 is 9.53 Å². The monoisotopic (exact) mass is 438 g/mol. The Balaban J connectivity index is 1.69. The summed E-state index contributed by atoms with van der Waals surface area (Å²) >= 11 is 0. The molecule has 0 unspecified atom stereocenters. The summed E-state index contributed by atoms with van der Waals surface area (Å²) in [5, 5.41) is 1.19. The lowest BCUT2D eigenvalue weighted by Crippen LogP contribution is -2.48. The lowest BCUT2D eigenvalue weighted by molar-refractivity contribution is -0.151. The summed E-state index contributed by atoms with van der Waals surface area (Å²) in [6.07, 6.45) is 1.64. The molecule has 4 aromatic rings. The first kappa shape index (κ1) is 21.5. The van der Waals surface area contributed by atoms with E-state index in [0.717, 1.165) is 11.9 Å². The Labute approximate surface area is 195 Å². The van der Waals surface area contributed by atoms with Crippen LogP contribution in [0.1, 0.15) is 47.8 Å². The van der Waals surface area contributed by atoms with E-state index in [0.29, 0.717) is 19.6 Å². The number of rotatable bonds is 6. The average Bonchev–Trinajstić information content (AvgIpc) is 3.22. The zero-order valence-electron chi connectivity index (χ0n) is 19.3. The number of hydrogen-bond donors (Lipinski definition) is 1. The normalized spacial score (nSPS) is 18.2. The Kier molecular flexibility index (Phi) is 6.01. The topological polar surface area (TPSA) is 45.3 Å². The number of ether oxygens (including phenoxy) is 1. The maximum atomic E-state index is 13.3. The lowest BCUT2D eigenvalue weighted by atomic mass is 9.87. The molecule has 3 aromatic carbocycles. The maximum absolute atomic E-state index is 13.3. The standard InChI is InChI=1S/C29H30N2O2/c1-3-20-14-16-22(17-15-20)28-27-24(23-12-8-9-13-25(23)30-27)18-26(29(32)33-4-2)31(28)19-21-10-6-5-7-11-21/h5-17,26,28,30H,3-4,18-19H2,1-2H3/t26-,28-/m0/s1. The van der Waals surface area contributed by atoms with Gasteiger partial charge in [0.05, 0.1) is 12.6 Å². The van der Waals surface area contributed by atoms with E-state index in [4.69, 9.17) is 4.74 Å². The van der Waals surface area contributed by atoms with Crippen molar-refractivity contribution >= 4 is 16.9 Å². The number of H-pyrrole nitrogens is 1. The fourth-order valence-electron chi connectivity index (χ4n) is 5.08. The molecule has 1 N–H and O–H groups in total. The molecule has 0 saturated carbocycles. The summed E-state index contributed by atoms with van der Waals surface area (Å²) in [4.78, 5) is 19.3. The number of nitrogens with zero attached hydrogens (tertiary/aromatic N) is 1. The van der Waals surface area contributed by atoms with Gasteiger partial charge in [0.1, 0.15) is 6.04 Å². The molecule has 1 aromatic heterocycles. The van der Waals surface area contributed by atoms with E-state index in [1.807, 2.05) is 13.0 Å². The first-order valence-electron chi connectivity index (χ1n) is 11.8. The zero-order chi connectivity index (χ0) is 22.8. The van der Waals surface area contributed by atoms with Crippen LogP contribution in [0.5, 0.6) is 0 Å². The van der Waals surface area contributed by atoms with E-state index in [1.54, 1.807) is 0 Å². The summed E-state index contributed by atoms with van der Waals surface area (Å²) in [6.45, 7) is 5.09. The number of aromatic nitrogens is 1. The van der Waals surface area contributed by atoms with Crippen LogP contribution in [0, 0.1) is 0 Å². The van der Waals surface area contributed by atoms with Crippen LogP contribution >= 0.6 is 0 Å². The van der Waals surface area contributed by atoms with Crippen LogP contribution in [0.4, 0.5) is 0 Å². The molecule has 0 amide bonds. The van der Waals surface area contributed by atoms with Crippen LogP contribution in [-0.4, -0.2) is 28.5 Å². The van der Waals surface area contributed by atoms with Crippen molar-refractivity contribution in [2.24, 2.45) is 0 Å². The highest BCUT2D eigenvalue weighted by atomic mass is 16.5. The minimum Gasteiger partial charge on any atom is -0.465 e. The van der Waals surface area contributed by atoms with Gasteiger partial charge in [-0.3, -0.25) is 9.69 Å². The van der Waals surface area contributed by atoms with E-state index in [9.17, 15) is 4.79 Å². The fraction of sp³-hybridized carbons (Fsp3) is 0.276. The predicted octanol–water partition coefficient (Wildman–Crippen LogP) is 5.81. The van der Waals surface area contributed by atoms with Gasteiger partial charge in [-0.05, 0) is 41.7 Å². The number of hydrogen-bond acceptors (Lipinski definition) is 3. The number of nitrogens with one attached hydrogen (secondary N) is 1. The van der Waals surface area contributed by atoms with Gasteiger partial charge < -0.3 is 9.72 Å². The molecule has 0 saturated heterocycles. The summed E-state index contributed by atoms with van der Waals surface area (Å²) in [7, 11) is 0. The minimum absolute atomic E-state index is 0.0679. The molecule has 0 radical (unpaired) electrons. The smallest absolute Gasteiger partial charge is 0.323 e.